The lowest BCUT2D eigenvalue weighted by atomic mass is 10.2. The second-order valence-electron chi connectivity index (χ2n) is 7.45. The van der Waals surface area contributed by atoms with Crippen LogP contribution >= 0.6 is 15.9 Å². The van der Waals surface area contributed by atoms with Crippen LogP contribution in [0.2, 0.25) is 0 Å². The van der Waals surface area contributed by atoms with Gasteiger partial charge >= 0.3 is 0 Å². The molecule has 2 aromatic heterocycles. The quantitative estimate of drug-likeness (QED) is 0.594. The molecule has 0 N–H and O–H groups in total. The van der Waals surface area contributed by atoms with Crippen LogP contribution in [0.5, 0.6) is 0 Å². The summed E-state index contributed by atoms with van der Waals surface area (Å²) in [4.78, 5) is 14.4. The SMILES string of the molecule is Cn1cc(S(=O)(=O)N2CCN(C(=O)Cn3nc(C(F)F)c(Br)c3C3CC3)CC2)cn1. The van der Waals surface area contributed by atoms with Gasteiger partial charge in [0.15, 0.2) is 0 Å². The van der Waals surface area contributed by atoms with Crippen molar-refractivity contribution in [3.63, 3.8) is 0 Å². The van der Waals surface area contributed by atoms with Crippen molar-refractivity contribution in [2.75, 3.05) is 26.2 Å². The van der Waals surface area contributed by atoms with Gasteiger partial charge in [-0.1, -0.05) is 0 Å². The molecule has 164 valence electrons. The van der Waals surface area contributed by atoms with Crippen LogP contribution in [0, 0.1) is 0 Å². The van der Waals surface area contributed by atoms with E-state index in [-0.39, 0.29) is 59.6 Å². The molecule has 2 aliphatic rings. The third-order valence-electron chi connectivity index (χ3n) is 5.32. The fourth-order valence-electron chi connectivity index (χ4n) is 3.57. The number of carbonyl (C=O) groups excluding carboxylic acids is 1. The third kappa shape index (κ3) is 4.02. The zero-order valence-electron chi connectivity index (χ0n) is 16.2. The van der Waals surface area contributed by atoms with Gasteiger partial charge in [0, 0.05) is 45.3 Å². The minimum absolute atomic E-state index is 0.111. The first-order chi connectivity index (χ1) is 14.2. The Kier molecular flexibility index (Phi) is 5.70. The molecule has 0 spiro atoms. The third-order valence-corrected chi connectivity index (χ3v) is 7.99. The van der Waals surface area contributed by atoms with E-state index in [9.17, 15) is 22.0 Å². The highest BCUT2D eigenvalue weighted by Gasteiger charge is 2.35. The summed E-state index contributed by atoms with van der Waals surface area (Å²) in [6, 6.07) is 0. The van der Waals surface area contributed by atoms with E-state index in [2.05, 4.69) is 26.1 Å². The first-order valence-electron chi connectivity index (χ1n) is 9.49. The molecular formula is C17H21BrF2N6O3S. The Balaban J connectivity index is 1.43. The Labute approximate surface area is 180 Å². The van der Waals surface area contributed by atoms with Gasteiger partial charge < -0.3 is 4.90 Å². The van der Waals surface area contributed by atoms with E-state index in [1.165, 1.54) is 26.1 Å². The second-order valence-corrected chi connectivity index (χ2v) is 10.2. The highest BCUT2D eigenvalue weighted by Crippen LogP contribution is 2.45. The number of sulfonamides is 1. The van der Waals surface area contributed by atoms with Crippen LogP contribution in [-0.4, -0.2) is 69.3 Å². The molecule has 4 rings (SSSR count). The molecule has 13 heteroatoms. The van der Waals surface area contributed by atoms with Crippen molar-refractivity contribution < 1.29 is 22.0 Å². The zero-order chi connectivity index (χ0) is 21.6. The molecular weight excluding hydrogens is 486 g/mol. The Morgan fingerprint density at radius 3 is 2.47 bits per heavy atom. The fraction of sp³-hybridized carbons (Fsp3) is 0.588. The number of amides is 1. The van der Waals surface area contributed by atoms with Gasteiger partial charge in [0.2, 0.25) is 15.9 Å². The van der Waals surface area contributed by atoms with Gasteiger partial charge in [-0.15, -0.1) is 0 Å². The van der Waals surface area contributed by atoms with Gasteiger partial charge in [-0.05, 0) is 28.8 Å². The molecule has 9 nitrogen and oxygen atoms in total. The number of alkyl halides is 2. The van der Waals surface area contributed by atoms with E-state index in [1.54, 1.807) is 11.9 Å². The zero-order valence-corrected chi connectivity index (χ0v) is 18.6. The summed E-state index contributed by atoms with van der Waals surface area (Å²) in [6.45, 7) is 0.613. The summed E-state index contributed by atoms with van der Waals surface area (Å²) in [5.41, 5.74) is 0.286. The van der Waals surface area contributed by atoms with E-state index in [1.807, 2.05) is 0 Å². The first-order valence-corrected chi connectivity index (χ1v) is 11.7. The first kappa shape index (κ1) is 21.4. The summed E-state index contributed by atoms with van der Waals surface area (Å²) < 4.78 is 56.2. The molecule has 3 heterocycles. The van der Waals surface area contributed by atoms with E-state index in [0.717, 1.165) is 12.8 Å². The minimum Gasteiger partial charge on any atom is -0.338 e. The van der Waals surface area contributed by atoms with Crippen molar-refractivity contribution in [2.45, 2.75) is 36.6 Å². The van der Waals surface area contributed by atoms with Gasteiger partial charge in [0.1, 0.15) is 17.1 Å². The average Bonchev–Trinajstić information content (AvgIpc) is 3.34. The van der Waals surface area contributed by atoms with Gasteiger partial charge in [-0.2, -0.15) is 14.5 Å². The lowest BCUT2D eigenvalue weighted by molar-refractivity contribution is -0.133. The lowest BCUT2D eigenvalue weighted by Crippen LogP contribution is -2.51. The van der Waals surface area contributed by atoms with E-state index in [0.29, 0.717) is 5.69 Å². The molecule has 1 saturated heterocycles. The average molecular weight is 507 g/mol. The standard InChI is InChI=1S/C17H21BrF2N6O3S/c1-23-9-12(8-21-23)30(28,29)25-6-4-24(5-7-25)13(27)10-26-16(11-2-3-11)14(18)15(22-26)17(19)20/h8-9,11,17H,2-7,10H2,1H3. The smallest absolute Gasteiger partial charge is 0.283 e. The number of nitrogens with zero attached hydrogens (tertiary/aromatic N) is 6. The summed E-state index contributed by atoms with van der Waals surface area (Å²) in [5, 5.41) is 7.85. The van der Waals surface area contributed by atoms with Crippen LogP contribution in [0.1, 0.15) is 36.6 Å². The van der Waals surface area contributed by atoms with Crippen molar-refractivity contribution in [3.05, 3.63) is 28.3 Å². The van der Waals surface area contributed by atoms with Crippen LogP contribution < -0.4 is 0 Å². The number of rotatable bonds is 6. The van der Waals surface area contributed by atoms with Crippen molar-refractivity contribution in [1.82, 2.24) is 28.8 Å². The Morgan fingerprint density at radius 2 is 1.93 bits per heavy atom. The molecule has 2 fully saturated rings. The Hall–Kier alpha value is -1.86. The van der Waals surface area contributed by atoms with Crippen LogP contribution in [-0.2, 0) is 28.4 Å². The Morgan fingerprint density at radius 1 is 1.27 bits per heavy atom. The number of hydrogen-bond acceptors (Lipinski definition) is 5. The van der Waals surface area contributed by atoms with Crippen LogP contribution in [0.3, 0.4) is 0 Å². The minimum atomic E-state index is -3.67. The maximum absolute atomic E-state index is 13.2. The van der Waals surface area contributed by atoms with Crippen LogP contribution in [0.25, 0.3) is 0 Å². The highest BCUT2D eigenvalue weighted by molar-refractivity contribution is 9.10. The highest BCUT2D eigenvalue weighted by atomic mass is 79.9. The van der Waals surface area contributed by atoms with E-state index in [4.69, 9.17) is 0 Å². The number of hydrogen-bond donors (Lipinski definition) is 0. The number of aryl methyl sites for hydroxylation is 1. The predicted molar refractivity (Wildman–Crippen MR) is 105 cm³/mol. The Bertz CT molecular complexity index is 1060. The number of aromatic nitrogens is 4. The summed E-state index contributed by atoms with van der Waals surface area (Å²) in [6.07, 6.45) is 1.76. The number of halogens is 3. The van der Waals surface area contributed by atoms with E-state index >= 15 is 0 Å². The molecule has 1 aliphatic carbocycles. The maximum atomic E-state index is 13.2. The topological polar surface area (TPSA) is 93.3 Å². The number of piperazine rings is 1. The summed E-state index contributed by atoms with van der Waals surface area (Å²) in [7, 11) is -2.03. The predicted octanol–water partition coefficient (Wildman–Crippen LogP) is 1.73. The summed E-state index contributed by atoms with van der Waals surface area (Å²) in [5.74, 6) is -0.139. The van der Waals surface area contributed by atoms with Gasteiger partial charge in [0.25, 0.3) is 6.43 Å². The molecule has 30 heavy (non-hydrogen) atoms. The largest absolute Gasteiger partial charge is 0.338 e. The fourth-order valence-corrected chi connectivity index (χ4v) is 5.76. The molecule has 1 aliphatic heterocycles. The molecule has 1 amide bonds. The number of carbonyl (C=O) groups is 1. The van der Waals surface area contributed by atoms with Gasteiger partial charge in [-0.25, -0.2) is 17.2 Å². The molecule has 0 atom stereocenters. The second kappa shape index (κ2) is 8.00. The lowest BCUT2D eigenvalue weighted by Gasteiger charge is -2.33. The van der Waals surface area contributed by atoms with Crippen molar-refractivity contribution >= 4 is 31.9 Å². The van der Waals surface area contributed by atoms with Crippen LogP contribution in [0.15, 0.2) is 21.8 Å². The maximum Gasteiger partial charge on any atom is 0.283 e. The molecule has 0 bridgehead atoms. The molecule has 0 unspecified atom stereocenters. The van der Waals surface area contributed by atoms with E-state index < -0.39 is 16.4 Å². The molecule has 0 radical (unpaired) electrons. The summed E-state index contributed by atoms with van der Waals surface area (Å²) >= 11 is 3.21. The van der Waals surface area contributed by atoms with Crippen molar-refractivity contribution in [1.29, 1.82) is 0 Å². The van der Waals surface area contributed by atoms with Crippen LogP contribution in [0.4, 0.5) is 8.78 Å². The van der Waals surface area contributed by atoms with Crippen molar-refractivity contribution in [2.24, 2.45) is 7.05 Å². The molecule has 1 saturated carbocycles. The molecule has 2 aromatic rings. The van der Waals surface area contributed by atoms with Gasteiger partial charge in [0.05, 0.1) is 16.4 Å². The van der Waals surface area contributed by atoms with Crippen molar-refractivity contribution in [3.8, 4) is 0 Å². The van der Waals surface area contributed by atoms with Gasteiger partial charge in [-0.3, -0.25) is 14.2 Å². The molecule has 0 aromatic carbocycles. The normalized spacial score (nSPS) is 18.4. The monoisotopic (exact) mass is 506 g/mol.